The molecule has 1 rings (SSSR count). The molecule has 1 fully saturated rings. The molecule has 0 aromatic rings. The van der Waals surface area contributed by atoms with Gasteiger partial charge in [-0.05, 0) is 20.8 Å². The average Bonchev–Trinajstić information content (AvgIpc) is 2.15. The highest BCUT2D eigenvalue weighted by Crippen LogP contribution is 2.12. The van der Waals surface area contributed by atoms with Crippen molar-refractivity contribution in [2.45, 2.75) is 39.3 Å². The first kappa shape index (κ1) is 12.5. The highest BCUT2D eigenvalue weighted by Gasteiger charge is 2.24. The Labute approximate surface area is 91.9 Å². The van der Waals surface area contributed by atoms with E-state index in [1.807, 2.05) is 0 Å². The molecule has 1 heterocycles. The van der Waals surface area contributed by atoms with Gasteiger partial charge in [0.25, 0.3) is 0 Å². The first-order valence-corrected chi connectivity index (χ1v) is 5.70. The molecule has 0 saturated carbocycles. The molecule has 0 aromatic heterocycles. The third-order valence-electron chi connectivity index (χ3n) is 3.14. The summed E-state index contributed by atoms with van der Waals surface area (Å²) >= 11 is 0. The van der Waals surface area contributed by atoms with Gasteiger partial charge >= 0.3 is 5.97 Å². The van der Waals surface area contributed by atoms with Gasteiger partial charge in [0.2, 0.25) is 0 Å². The lowest BCUT2D eigenvalue weighted by Crippen LogP contribution is -2.54. The maximum Gasteiger partial charge on any atom is 0.304 e. The van der Waals surface area contributed by atoms with Gasteiger partial charge in [-0.3, -0.25) is 14.6 Å². The van der Waals surface area contributed by atoms with Crippen LogP contribution < -0.4 is 0 Å². The molecule has 1 aliphatic heterocycles. The Morgan fingerprint density at radius 1 is 1.47 bits per heavy atom. The van der Waals surface area contributed by atoms with Crippen molar-refractivity contribution in [3.63, 3.8) is 0 Å². The van der Waals surface area contributed by atoms with Crippen LogP contribution in [-0.4, -0.2) is 59.1 Å². The molecule has 1 N–H and O–H groups in total. The summed E-state index contributed by atoms with van der Waals surface area (Å²) in [5.41, 5.74) is 0. The van der Waals surface area contributed by atoms with Gasteiger partial charge in [0, 0.05) is 38.3 Å². The average molecular weight is 214 g/mol. The lowest BCUT2D eigenvalue weighted by molar-refractivity contribution is -0.137. The van der Waals surface area contributed by atoms with Crippen molar-refractivity contribution in [1.29, 1.82) is 0 Å². The van der Waals surface area contributed by atoms with E-state index in [0.717, 1.165) is 19.6 Å². The fourth-order valence-electron chi connectivity index (χ4n) is 2.06. The van der Waals surface area contributed by atoms with E-state index in [-0.39, 0.29) is 6.42 Å². The van der Waals surface area contributed by atoms with Gasteiger partial charge in [0.15, 0.2) is 0 Å². The summed E-state index contributed by atoms with van der Waals surface area (Å²) in [6.07, 6.45) is 0.256. The highest BCUT2D eigenvalue weighted by molar-refractivity contribution is 5.66. The van der Waals surface area contributed by atoms with E-state index in [9.17, 15) is 4.79 Å². The lowest BCUT2D eigenvalue weighted by Gasteiger charge is -2.41. The molecule has 4 heteroatoms. The van der Waals surface area contributed by atoms with Crippen LogP contribution >= 0.6 is 0 Å². The fourth-order valence-corrected chi connectivity index (χ4v) is 2.06. The number of carboxylic acid groups (broad SMARTS) is 1. The Morgan fingerprint density at radius 2 is 2.13 bits per heavy atom. The third-order valence-corrected chi connectivity index (χ3v) is 3.14. The number of carbonyl (C=O) groups is 1. The summed E-state index contributed by atoms with van der Waals surface area (Å²) < 4.78 is 0. The highest BCUT2D eigenvalue weighted by atomic mass is 16.4. The quantitative estimate of drug-likeness (QED) is 0.754. The first-order chi connectivity index (χ1) is 7.00. The van der Waals surface area contributed by atoms with Crippen LogP contribution in [0.1, 0.15) is 27.2 Å². The molecule has 1 aliphatic rings. The van der Waals surface area contributed by atoms with Gasteiger partial charge < -0.3 is 5.11 Å². The monoisotopic (exact) mass is 214 g/mol. The van der Waals surface area contributed by atoms with Gasteiger partial charge in [0.05, 0.1) is 6.42 Å². The van der Waals surface area contributed by atoms with E-state index < -0.39 is 5.97 Å². The number of hydrogen-bond donors (Lipinski definition) is 1. The molecular weight excluding hydrogens is 192 g/mol. The maximum atomic E-state index is 10.5. The number of carboxylic acids is 1. The summed E-state index contributed by atoms with van der Waals surface area (Å²) in [6, 6.07) is 1.06. The fraction of sp³-hybridized carbons (Fsp3) is 0.909. The minimum atomic E-state index is -0.700. The number of rotatable bonds is 4. The van der Waals surface area contributed by atoms with E-state index in [2.05, 4.69) is 30.6 Å². The topological polar surface area (TPSA) is 43.8 Å². The predicted molar refractivity (Wildman–Crippen MR) is 60.0 cm³/mol. The van der Waals surface area contributed by atoms with Gasteiger partial charge in [-0.15, -0.1) is 0 Å². The zero-order chi connectivity index (χ0) is 11.4. The SMILES string of the molecule is CC(C)N1CCN(CCC(=O)O)C(C)C1. The van der Waals surface area contributed by atoms with Crippen LogP contribution in [0.4, 0.5) is 0 Å². The summed E-state index contributed by atoms with van der Waals surface area (Å²) in [5, 5.41) is 8.63. The Kier molecular flexibility index (Phi) is 4.54. The van der Waals surface area contributed by atoms with E-state index in [1.54, 1.807) is 0 Å². The van der Waals surface area contributed by atoms with Crippen molar-refractivity contribution >= 4 is 5.97 Å². The van der Waals surface area contributed by atoms with E-state index in [1.165, 1.54) is 0 Å². The molecule has 0 spiro atoms. The Balaban J connectivity index is 2.35. The maximum absolute atomic E-state index is 10.5. The number of aliphatic carboxylic acids is 1. The second-order valence-electron chi connectivity index (χ2n) is 4.62. The smallest absolute Gasteiger partial charge is 0.304 e. The molecule has 0 bridgehead atoms. The van der Waals surface area contributed by atoms with Gasteiger partial charge in [-0.1, -0.05) is 0 Å². The van der Waals surface area contributed by atoms with Crippen molar-refractivity contribution in [2.24, 2.45) is 0 Å². The van der Waals surface area contributed by atoms with Crippen molar-refractivity contribution in [3.05, 3.63) is 0 Å². The van der Waals surface area contributed by atoms with Crippen molar-refractivity contribution < 1.29 is 9.90 Å². The summed E-state index contributed by atoms with van der Waals surface area (Å²) in [6.45, 7) is 10.4. The lowest BCUT2D eigenvalue weighted by atomic mass is 10.1. The standard InChI is InChI=1S/C11H22N2O2/c1-9(2)13-7-6-12(10(3)8-13)5-4-11(14)15/h9-10H,4-8H2,1-3H3,(H,14,15). The molecule has 0 aliphatic carbocycles. The van der Waals surface area contributed by atoms with Crippen LogP contribution in [0.25, 0.3) is 0 Å². The van der Waals surface area contributed by atoms with Crippen LogP contribution in [0.15, 0.2) is 0 Å². The second-order valence-corrected chi connectivity index (χ2v) is 4.62. The third kappa shape index (κ3) is 3.80. The Morgan fingerprint density at radius 3 is 2.60 bits per heavy atom. The van der Waals surface area contributed by atoms with Crippen LogP contribution in [0.5, 0.6) is 0 Å². The Bertz CT molecular complexity index is 219. The number of nitrogens with zero attached hydrogens (tertiary/aromatic N) is 2. The molecule has 15 heavy (non-hydrogen) atoms. The van der Waals surface area contributed by atoms with Crippen molar-refractivity contribution in [3.8, 4) is 0 Å². The molecule has 1 atom stereocenters. The molecule has 0 aromatic carbocycles. The number of hydrogen-bond acceptors (Lipinski definition) is 3. The van der Waals surface area contributed by atoms with E-state index >= 15 is 0 Å². The van der Waals surface area contributed by atoms with Gasteiger partial charge in [0.1, 0.15) is 0 Å². The van der Waals surface area contributed by atoms with Gasteiger partial charge in [-0.25, -0.2) is 0 Å². The molecule has 1 unspecified atom stereocenters. The van der Waals surface area contributed by atoms with Crippen LogP contribution in [-0.2, 0) is 4.79 Å². The first-order valence-electron chi connectivity index (χ1n) is 5.70. The molecule has 1 saturated heterocycles. The molecule has 0 radical (unpaired) electrons. The van der Waals surface area contributed by atoms with Crippen molar-refractivity contribution in [1.82, 2.24) is 9.80 Å². The minimum absolute atomic E-state index is 0.256. The van der Waals surface area contributed by atoms with Crippen molar-refractivity contribution in [2.75, 3.05) is 26.2 Å². The Hall–Kier alpha value is -0.610. The van der Waals surface area contributed by atoms with Crippen LogP contribution in [0.3, 0.4) is 0 Å². The van der Waals surface area contributed by atoms with Gasteiger partial charge in [-0.2, -0.15) is 0 Å². The molecule has 4 nitrogen and oxygen atoms in total. The molecule has 0 amide bonds. The van der Waals surface area contributed by atoms with E-state index in [4.69, 9.17) is 5.11 Å². The zero-order valence-electron chi connectivity index (χ0n) is 9.94. The molecular formula is C11H22N2O2. The summed E-state index contributed by atoms with van der Waals surface area (Å²) in [4.78, 5) is 15.2. The largest absolute Gasteiger partial charge is 0.481 e. The van der Waals surface area contributed by atoms with Crippen LogP contribution in [0, 0.1) is 0 Å². The summed E-state index contributed by atoms with van der Waals surface area (Å²) in [7, 11) is 0. The molecule has 88 valence electrons. The predicted octanol–water partition coefficient (Wildman–Crippen LogP) is 0.876. The summed E-state index contributed by atoms with van der Waals surface area (Å²) in [5.74, 6) is -0.700. The normalized spacial score (nSPS) is 24.7. The number of piperazine rings is 1. The van der Waals surface area contributed by atoms with E-state index in [0.29, 0.717) is 18.6 Å². The zero-order valence-corrected chi connectivity index (χ0v) is 9.94. The van der Waals surface area contributed by atoms with Crippen LogP contribution in [0.2, 0.25) is 0 Å². The minimum Gasteiger partial charge on any atom is -0.481 e. The second kappa shape index (κ2) is 5.47.